The van der Waals surface area contributed by atoms with E-state index >= 15 is 0 Å². The molecule has 0 atom stereocenters. The molecule has 0 aliphatic heterocycles. The summed E-state index contributed by atoms with van der Waals surface area (Å²) in [5, 5.41) is 25.4. The van der Waals surface area contributed by atoms with E-state index in [2.05, 4.69) is 47.2 Å². The second-order valence-electron chi connectivity index (χ2n) is 9.42. The van der Waals surface area contributed by atoms with Crippen LogP contribution in [0, 0.1) is 13.8 Å². The molecule has 2 aromatic heterocycles. The molecule has 0 spiro atoms. The van der Waals surface area contributed by atoms with Crippen molar-refractivity contribution in [2.75, 3.05) is 24.6 Å². The molecule has 0 aromatic carbocycles. The predicted molar refractivity (Wildman–Crippen MR) is 153 cm³/mol. The molecule has 43 heavy (non-hydrogen) atoms. The van der Waals surface area contributed by atoms with Gasteiger partial charge in [-0.25, -0.2) is 0 Å². The number of allylic oxidation sites excluding steroid dienone is 15. The van der Waals surface area contributed by atoms with Gasteiger partial charge in [0.05, 0.1) is 0 Å². The van der Waals surface area contributed by atoms with Crippen LogP contribution in [0.2, 0.25) is 0 Å². The van der Waals surface area contributed by atoms with Crippen LogP contribution >= 0.6 is 0 Å². The van der Waals surface area contributed by atoms with E-state index in [1.807, 2.05) is 6.08 Å². The van der Waals surface area contributed by atoms with Gasteiger partial charge in [-0.3, -0.25) is 25.2 Å². The standard InChI is InChI=1S/C28H27N11O4/c1-17-32-34-36-38(17)29-14-19-7-9-25(40)23(11-19)28(21-5-4-6-22(13-21)31-27(42)16-43-3)24-12-20(8-10-26(24)41)15-30-39-18(2)33-35-37-39/h4,6-15,29-30H,5,16H2,1-3H3,(H,31,42)/b19-14+,20-15+. The Morgan fingerprint density at radius 1 is 0.860 bits per heavy atom. The van der Waals surface area contributed by atoms with Crippen molar-refractivity contribution in [1.29, 1.82) is 0 Å². The summed E-state index contributed by atoms with van der Waals surface area (Å²) >= 11 is 0. The number of ketones is 2. The Balaban J connectivity index is 1.59. The molecule has 0 unspecified atom stereocenters. The molecule has 0 radical (unpaired) electrons. The molecule has 0 bridgehead atoms. The van der Waals surface area contributed by atoms with E-state index in [1.54, 1.807) is 62.7 Å². The van der Waals surface area contributed by atoms with Crippen molar-refractivity contribution < 1.29 is 19.1 Å². The molecule has 0 saturated heterocycles. The number of tetrazole rings is 2. The number of aryl methyl sites for hydroxylation is 2. The first-order valence-electron chi connectivity index (χ1n) is 13.0. The van der Waals surface area contributed by atoms with Crippen molar-refractivity contribution in [2.24, 2.45) is 0 Å². The highest BCUT2D eigenvalue weighted by Crippen LogP contribution is 2.34. The molecule has 5 rings (SSSR count). The third-order valence-corrected chi connectivity index (χ3v) is 6.35. The third kappa shape index (κ3) is 6.74. The maximum Gasteiger partial charge on any atom is 0.250 e. The Morgan fingerprint density at radius 3 is 1.91 bits per heavy atom. The number of hydrogen-bond acceptors (Lipinski definition) is 12. The van der Waals surface area contributed by atoms with E-state index in [0.29, 0.717) is 57.2 Å². The van der Waals surface area contributed by atoms with Crippen molar-refractivity contribution >= 4 is 17.5 Å². The van der Waals surface area contributed by atoms with Crippen molar-refractivity contribution in [3.63, 3.8) is 0 Å². The van der Waals surface area contributed by atoms with E-state index < -0.39 is 0 Å². The van der Waals surface area contributed by atoms with Crippen LogP contribution in [0.3, 0.4) is 0 Å². The van der Waals surface area contributed by atoms with E-state index in [9.17, 15) is 14.4 Å². The SMILES string of the molecule is COCC(=O)NC1=CC(=C(C2=C/C(=C/Nn3nnnc3C)C=CC2=O)C2=C/C(=C/Nn3nnnc3C)C=CC2=O)CC=C1. The number of methoxy groups -OCH3 is 1. The highest BCUT2D eigenvalue weighted by molar-refractivity contribution is 6.17. The first kappa shape index (κ1) is 28.7. The second kappa shape index (κ2) is 12.8. The minimum atomic E-state index is -0.337. The Kier molecular flexibility index (Phi) is 8.53. The molecular formula is C28H27N11O4. The minimum absolute atomic E-state index is 0.121. The fourth-order valence-corrected chi connectivity index (χ4v) is 4.32. The van der Waals surface area contributed by atoms with Gasteiger partial charge in [0, 0.05) is 41.9 Å². The molecule has 3 aliphatic carbocycles. The summed E-state index contributed by atoms with van der Waals surface area (Å²) in [5.74, 6) is 0.161. The van der Waals surface area contributed by atoms with Crippen molar-refractivity contribution in [1.82, 2.24) is 45.9 Å². The van der Waals surface area contributed by atoms with Crippen LogP contribution < -0.4 is 16.2 Å². The van der Waals surface area contributed by atoms with Crippen LogP contribution in [0.25, 0.3) is 0 Å². The topological polar surface area (TPSA) is 184 Å². The zero-order valence-corrected chi connectivity index (χ0v) is 23.5. The molecule has 0 saturated carbocycles. The molecule has 2 heterocycles. The molecule has 218 valence electrons. The lowest BCUT2D eigenvalue weighted by molar-refractivity contribution is -0.124. The fraction of sp³-hybridized carbons (Fsp3) is 0.179. The maximum atomic E-state index is 13.4. The molecule has 15 heteroatoms. The summed E-state index contributed by atoms with van der Waals surface area (Å²) in [7, 11) is 1.43. The summed E-state index contributed by atoms with van der Waals surface area (Å²) in [6.07, 6.45) is 18.6. The van der Waals surface area contributed by atoms with Gasteiger partial charge in [0.25, 0.3) is 0 Å². The van der Waals surface area contributed by atoms with Gasteiger partial charge >= 0.3 is 0 Å². The average Bonchev–Trinajstić information content (AvgIpc) is 3.60. The normalized spacial score (nSPS) is 18.1. The molecule has 2 aromatic rings. The van der Waals surface area contributed by atoms with E-state index in [4.69, 9.17) is 4.74 Å². The van der Waals surface area contributed by atoms with Gasteiger partial charge < -0.3 is 10.1 Å². The number of ether oxygens (including phenoxy) is 1. The van der Waals surface area contributed by atoms with Crippen LogP contribution in [0.5, 0.6) is 0 Å². The zero-order chi connectivity index (χ0) is 30.3. The summed E-state index contributed by atoms with van der Waals surface area (Å²) < 4.78 is 4.93. The van der Waals surface area contributed by atoms with Crippen molar-refractivity contribution in [3.8, 4) is 0 Å². The van der Waals surface area contributed by atoms with Gasteiger partial charge in [-0.15, -0.1) is 19.8 Å². The number of amides is 1. The summed E-state index contributed by atoms with van der Waals surface area (Å²) in [5.41, 5.74) is 9.40. The number of aromatic nitrogens is 8. The van der Waals surface area contributed by atoms with Crippen molar-refractivity contribution in [2.45, 2.75) is 20.3 Å². The lowest BCUT2D eigenvalue weighted by atomic mass is 9.81. The van der Waals surface area contributed by atoms with E-state index in [0.717, 1.165) is 0 Å². The van der Waals surface area contributed by atoms with E-state index in [-0.39, 0.29) is 24.1 Å². The molecule has 3 N–H and O–H groups in total. The molecule has 1 amide bonds. The maximum absolute atomic E-state index is 13.4. The van der Waals surface area contributed by atoms with Gasteiger partial charge in [-0.2, -0.15) is 0 Å². The van der Waals surface area contributed by atoms with E-state index in [1.165, 1.54) is 28.8 Å². The number of nitrogens with one attached hydrogen (secondary N) is 3. The van der Waals surface area contributed by atoms with Gasteiger partial charge in [0.15, 0.2) is 23.2 Å². The average molecular weight is 582 g/mol. The number of carbonyl (C=O) groups is 3. The van der Waals surface area contributed by atoms with Gasteiger partial charge in [-0.05, 0) is 106 Å². The van der Waals surface area contributed by atoms with Crippen LogP contribution in [0.4, 0.5) is 0 Å². The molecule has 3 aliphatic rings. The summed E-state index contributed by atoms with van der Waals surface area (Å²) in [6, 6.07) is 0. The molecule has 0 fully saturated rings. The van der Waals surface area contributed by atoms with Gasteiger partial charge in [0.2, 0.25) is 5.91 Å². The third-order valence-electron chi connectivity index (χ3n) is 6.35. The smallest absolute Gasteiger partial charge is 0.250 e. The number of rotatable bonds is 9. The largest absolute Gasteiger partial charge is 0.375 e. The van der Waals surface area contributed by atoms with Gasteiger partial charge in [-0.1, -0.05) is 6.08 Å². The number of hydrogen-bond donors (Lipinski definition) is 3. The highest BCUT2D eigenvalue weighted by Gasteiger charge is 2.27. The first-order valence-corrected chi connectivity index (χ1v) is 13.0. The number of carbonyl (C=O) groups excluding carboxylic acids is 3. The van der Waals surface area contributed by atoms with Crippen LogP contribution in [0.15, 0.2) is 106 Å². The lowest BCUT2D eigenvalue weighted by Gasteiger charge is -2.22. The minimum Gasteiger partial charge on any atom is -0.375 e. The Hall–Kier alpha value is -5.83. The van der Waals surface area contributed by atoms with Crippen LogP contribution in [-0.4, -0.2) is 71.8 Å². The van der Waals surface area contributed by atoms with Crippen LogP contribution in [0.1, 0.15) is 18.1 Å². The Morgan fingerprint density at radius 2 is 1.42 bits per heavy atom. The Labute approximate surface area is 245 Å². The Bertz CT molecular complexity index is 1660. The fourth-order valence-electron chi connectivity index (χ4n) is 4.32. The summed E-state index contributed by atoms with van der Waals surface area (Å²) in [4.78, 5) is 41.8. The first-order chi connectivity index (χ1) is 20.8. The molecule has 15 nitrogen and oxygen atoms in total. The second-order valence-corrected chi connectivity index (χ2v) is 9.42. The van der Waals surface area contributed by atoms with Crippen LogP contribution in [-0.2, 0) is 19.1 Å². The monoisotopic (exact) mass is 581 g/mol. The number of nitrogens with zero attached hydrogens (tertiary/aromatic N) is 8. The molecular weight excluding hydrogens is 554 g/mol. The quantitative estimate of drug-likeness (QED) is 0.380. The predicted octanol–water partition coefficient (Wildman–Crippen LogP) is 0.865. The van der Waals surface area contributed by atoms with Crippen molar-refractivity contribution in [3.05, 3.63) is 118 Å². The van der Waals surface area contributed by atoms with Gasteiger partial charge in [0.1, 0.15) is 6.61 Å². The summed E-state index contributed by atoms with van der Waals surface area (Å²) in [6.45, 7) is 3.34. The highest BCUT2D eigenvalue weighted by atomic mass is 16.5. The zero-order valence-electron chi connectivity index (χ0n) is 23.5. The lowest BCUT2D eigenvalue weighted by Crippen LogP contribution is -2.26.